The summed E-state index contributed by atoms with van der Waals surface area (Å²) < 4.78 is 55.3. The van der Waals surface area contributed by atoms with Crippen molar-refractivity contribution < 1.29 is 37.0 Å². The molecule has 1 aliphatic heterocycles. The van der Waals surface area contributed by atoms with E-state index in [2.05, 4.69) is 10.3 Å². The number of ether oxygens (including phenoxy) is 3. The fourth-order valence-corrected chi connectivity index (χ4v) is 3.33. The van der Waals surface area contributed by atoms with Gasteiger partial charge in [0, 0.05) is 5.56 Å². The highest BCUT2D eigenvalue weighted by molar-refractivity contribution is 6.12. The molecule has 1 heterocycles. The van der Waals surface area contributed by atoms with Crippen LogP contribution in [-0.4, -0.2) is 31.5 Å². The van der Waals surface area contributed by atoms with E-state index in [0.717, 1.165) is 12.1 Å². The highest BCUT2D eigenvalue weighted by Gasteiger charge is 2.33. The van der Waals surface area contributed by atoms with Crippen molar-refractivity contribution in [3.63, 3.8) is 0 Å². The summed E-state index contributed by atoms with van der Waals surface area (Å²) in [5.74, 6) is -0.773. The quantitative estimate of drug-likeness (QED) is 0.364. The highest BCUT2D eigenvalue weighted by atomic mass is 19.4. The molecule has 0 aromatic heterocycles. The monoisotopic (exact) mass is 496 g/mol. The molecule has 0 atom stereocenters. The van der Waals surface area contributed by atoms with E-state index in [0.29, 0.717) is 11.1 Å². The van der Waals surface area contributed by atoms with Crippen molar-refractivity contribution in [3.05, 3.63) is 95.2 Å². The first-order valence-electron chi connectivity index (χ1n) is 10.6. The number of halogens is 3. The maximum absolute atomic E-state index is 13.1. The second-order valence-electron chi connectivity index (χ2n) is 7.49. The van der Waals surface area contributed by atoms with Gasteiger partial charge in [0.25, 0.3) is 5.91 Å². The number of aliphatic imine (C=N–C) groups is 1. The Morgan fingerprint density at radius 2 is 1.75 bits per heavy atom. The van der Waals surface area contributed by atoms with Crippen LogP contribution in [0.3, 0.4) is 0 Å². The number of nitrogens with zero attached hydrogens (tertiary/aromatic N) is 1. The summed E-state index contributed by atoms with van der Waals surface area (Å²) >= 11 is 0. The maximum Gasteiger partial charge on any atom is 0.418 e. The van der Waals surface area contributed by atoms with Crippen LogP contribution < -0.4 is 14.8 Å². The number of hydrogen-bond acceptors (Lipinski definition) is 6. The van der Waals surface area contributed by atoms with Gasteiger partial charge in [0.1, 0.15) is 0 Å². The Balaban J connectivity index is 1.45. The first kappa shape index (κ1) is 24.5. The summed E-state index contributed by atoms with van der Waals surface area (Å²) in [7, 11) is 1.38. The van der Waals surface area contributed by atoms with Gasteiger partial charge in [0.05, 0.1) is 18.4 Å². The second kappa shape index (κ2) is 10.3. The van der Waals surface area contributed by atoms with E-state index in [1.165, 1.54) is 31.4 Å². The van der Waals surface area contributed by atoms with Gasteiger partial charge in [-0.05, 0) is 48.0 Å². The van der Waals surface area contributed by atoms with Crippen LogP contribution in [0.25, 0.3) is 6.08 Å². The van der Waals surface area contributed by atoms with Crippen molar-refractivity contribution >= 4 is 29.5 Å². The molecule has 3 aromatic carbocycles. The van der Waals surface area contributed by atoms with Gasteiger partial charge in [-0.3, -0.25) is 4.79 Å². The van der Waals surface area contributed by atoms with Crippen LogP contribution in [0, 0.1) is 0 Å². The molecule has 1 aliphatic rings. The summed E-state index contributed by atoms with van der Waals surface area (Å²) in [6.07, 6.45) is -3.11. The van der Waals surface area contributed by atoms with E-state index < -0.39 is 30.2 Å². The van der Waals surface area contributed by atoms with E-state index in [1.54, 1.807) is 36.4 Å². The van der Waals surface area contributed by atoms with Crippen molar-refractivity contribution in [2.24, 2.45) is 4.99 Å². The van der Waals surface area contributed by atoms with Gasteiger partial charge in [-0.2, -0.15) is 13.2 Å². The van der Waals surface area contributed by atoms with Crippen molar-refractivity contribution in [2.45, 2.75) is 6.18 Å². The molecule has 3 aromatic rings. The second-order valence-corrected chi connectivity index (χ2v) is 7.49. The van der Waals surface area contributed by atoms with Crippen LogP contribution in [0.1, 0.15) is 16.7 Å². The number of carbonyl (C=O) groups excluding carboxylic acids is 2. The average Bonchev–Trinajstić information content (AvgIpc) is 3.23. The van der Waals surface area contributed by atoms with Crippen LogP contribution in [0.2, 0.25) is 0 Å². The predicted octanol–water partition coefficient (Wildman–Crippen LogP) is 5.08. The minimum Gasteiger partial charge on any atom is -0.493 e. The molecule has 0 spiro atoms. The zero-order chi connectivity index (χ0) is 25.7. The first-order chi connectivity index (χ1) is 17.2. The van der Waals surface area contributed by atoms with E-state index >= 15 is 0 Å². The Labute approximate surface area is 203 Å². The van der Waals surface area contributed by atoms with Gasteiger partial charge < -0.3 is 19.5 Å². The number of benzene rings is 3. The van der Waals surface area contributed by atoms with Crippen molar-refractivity contribution in [1.82, 2.24) is 0 Å². The number of nitrogens with one attached hydrogen (secondary N) is 1. The molecule has 1 N–H and O–H groups in total. The van der Waals surface area contributed by atoms with Gasteiger partial charge in [-0.25, -0.2) is 9.79 Å². The molecule has 4 rings (SSSR count). The van der Waals surface area contributed by atoms with Crippen molar-refractivity contribution in [2.75, 3.05) is 19.0 Å². The summed E-state index contributed by atoms with van der Waals surface area (Å²) in [5, 5.41) is 2.21. The van der Waals surface area contributed by atoms with E-state index in [-0.39, 0.29) is 28.8 Å². The number of amides is 1. The van der Waals surface area contributed by atoms with Gasteiger partial charge >= 0.3 is 12.1 Å². The zero-order valence-corrected chi connectivity index (χ0v) is 18.8. The molecule has 0 saturated heterocycles. The van der Waals surface area contributed by atoms with Gasteiger partial charge in [0.15, 0.2) is 23.8 Å². The number of para-hydroxylation sites is 1. The van der Waals surface area contributed by atoms with Crippen LogP contribution >= 0.6 is 0 Å². The SMILES string of the molecule is COc1cc(/C=C2/N=C(c3ccccc3)OC2=O)ccc1OCC(=O)Nc1ccccc1C(F)(F)F. The number of carbonyl (C=O) groups is 2. The molecular formula is C26H19F3N2O5. The molecular weight excluding hydrogens is 477 g/mol. The van der Waals surface area contributed by atoms with Gasteiger partial charge in [-0.1, -0.05) is 36.4 Å². The van der Waals surface area contributed by atoms with Crippen LogP contribution in [0.4, 0.5) is 18.9 Å². The lowest BCUT2D eigenvalue weighted by molar-refractivity contribution is -0.137. The molecule has 184 valence electrons. The third kappa shape index (κ3) is 5.72. The fourth-order valence-electron chi connectivity index (χ4n) is 3.33. The molecule has 36 heavy (non-hydrogen) atoms. The molecule has 0 radical (unpaired) electrons. The van der Waals surface area contributed by atoms with E-state index in [4.69, 9.17) is 14.2 Å². The number of cyclic esters (lactones) is 1. The molecule has 1 amide bonds. The minimum absolute atomic E-state index is 0.0901. The van der Waals surface area contributed by atoms with Crippen LogP contribution in [-0.2, 0) is 20.5 Å². The van der Waals surface area contributed by atoms with E-state index in [1.807, 2.05) is 6.07 Å². The standard InChI is InChI=1S/C26H19F3N2O5/c1-34-22-14-16(13-20-25(33)36-24(31-20)17-7-3-2-4-8-17)11-12-21(22)35-15-23(32)30-19-10-6-5-9-18(19)26(27,28)29/h2-14H,15H2,1H3,(H,30,32)/b20-13+. The molecule has 0 fully saturated rings. The molecule has 0 bridgehead atoms. The molecule has 10 heteroatoms. The molecule has 7 nitrogen and oxygen atoms in total. The zero-order valence-electron chi connectivity index (χ0n) is 18.8. The maximum atomic E-state index is 13.1. The summed E-state index contributed by atoms with van der Waals surface area (Å²) in [6, 6.07) is 18.3. The van der Waals surface area contributed by atoms with Crippen LogP contribution in [0.15, 0.2) is 83.5 Å². The summed E-state index contributed by atoms with van der Waals surface area (Å²) in [5.41, 5.74) is -0.0324. The normalized spacial score (nSPS) is 14.3. The Morgan fingerprint density at radius 1 is 1.03 bits per heavy atom. The number of methoxy groups -OCH3 is 1. The minimum atomic E-state index is -4.62. The highest BCUT2D eigenvalue weighted by Crippen LogP contribution is 2.35. The number of alkyl halides is 3. The number of esters is 1. The largest absolute Gasteiger partial charge is 0.493 e. The summed E-state index contributed by atoms with van der Waals surface area (Å²) in [6.45, 7) is -0.556. The summed E-state index contributed by atoms with van der Waals surface area (Å²) in [4.78, 5) is 28.7. The Morgan fingerprint density at radius 3 is 2.47 bits per heavy atom. The lowest BCUT2D eigenvalue weighted by Gasteiger charge is -2.14. The number of rotatable bonds is 7. The third-order valence-corrected chi connectivity index (χ3v) is 5.00. The Kier molecular flexibility index (Phi) is 7.05. The van der Waals surface area contributed by atoms with Gasteiger partial charge in [-0.15, -0.1) is 0 Å². The smallest absolute Gasteiger partial charge is 0.418 e. The lowest BCUT2D eigenvalue weighted by atomic mass is 10.1. The topological polar surface area (TPSA) is 86.2 Å². The third-order valence-electron chi connectivity index (χ3n) is 5.00. The van der Waals surface area contributed by atoms with E-state index in [9.17, 15) is 22.8 Å². The first-order valence-corrected chi connectivity index (χ1v) is 10.6. The van der Waals surface area contributed by atoms with Crippen LogP contribution in [0.5, 0.6) is 11.5 Å². The van der Waals surface area contributed by atoms with Crippen molar-refractivity contribution in [1.29, 1.82) is 0 Å². The number of hydrogen-bond donors (Lipinski definition) is 1. The lowest BCUT2D eigenvalue weighted by Crippen LogP contribution is -2.22. The molecule has 0 aliphatic carbocycles. The molecule has 0 unspecified atom stereocenters. The Bertz CT molecular complexity index is 1350. The Hall–Kier alpha value is -4.60. The van der Waals surface area contributed by atoms with Gasteiger partial charge in [0.2, 0.25) is 5.90 Å². The predicted molar refractivity (Wildman–Crippen MR) is 126 cm³/mol. The van der Waals surface area contributed by atoms with Crippen molar-refractivity contribution in [3.8, 4) is 11.5 Å². The fraction of sp³-hybridized carbons (Fsp3) is 0.115. The average molecular weight is 496 g/mol. The number of anilines is 1. The molecule has 0 saturated carbocycles.